The van der Waals surface area contributed by atoms with E-state index in [0.717, 1.165) is 0 Å². The van der Waals surface area contributed by atoms with E-state index in [1.54, 1.807) is 13.2 Å². The Labute approximate surface area is 143 Å². The van der Waals surface area contributed by atoms with E-state index >= 15 is 0 Å². The quantitative estimate of drug-likeness (QED) is 0.726. The fourth-order valence-electron chi connectivity index (χ4n) is 4.84. The minimum atomic E-state index is -1.22. The number of carbonyl (C=O) groups is 1. The van der Waals surface area contributed by atoms with Gasteiger partial charge in [0, 0.05) is 24.4 Å². The third-order valence-corrected chi connectivity index (χ3v) is 6.13. The summed E-state index contributed by atoms with van der Waals surface area (Å²) >= 11 is 0. The Morgan fingerprint density at radius 2 is 1.92 bits per heavy atom. The van der Waals surface area contributed by atoms with Crippen molar-refractivity contribution >= 4 is 5.78 Å². The predicted octanol–water partition coefficient (Wildman–Crippen LogP) is 2.32. The molecular weight excluding hydrogens is 308 g/mol. The van der Waals surface area contributed by atoms with Crippen molar-refractivity contribution in [3.63, 3.8) is 0 Å². The van der Waals surface area contributed by atoms with E-state index in [9.17, 15) is 4.79 Å². The molecule has 5 atom stereocenters. The van der Waals surface area contributed by atoms with Crippen molar-refractivity contribution in [3.8, 4) is 0 Å². The molecule has 0 unspecified atom stereocenters. The van der Waals surface area contributed by atoms with E-state index < -0.39 is 17.5 Å². The Morgan fingerprint density at radius 1 is 1.21 bits per heavy atom. The van der Waals surface area contributed by atoms with Crippen LogP contribution in [0.15, 0.2) is 24.3 Å². The van der Waals surface area contributed by atoms with Crippen molar-refractivity contribution in [2.24, 2.45) is 28.6 Å². The average molecular weight is 334 g/mol. The van der Waals surface area contributed by atoms with Crippen molar-refractivity contribution in [2.75, 3.05) is 26.9 Å². The van der Waals surface area contributed by atoms with Gasteiger partial charge in [-0.3, -0.25) is 4.79 Å². The van der Waals surface area contributed by atoms with Crippen LogP contribution in [-0.4, -0.2) is 44.8 Å². The maximum Gasteiger partial charge on any atom is 0.237 e. The summed E-state index contributed by atoms with van der Waals surface area (Å²) in [6.45, 7) is 8.16. The molecule has 0 bridgehead atoms. The maximum atomic E-state index is 12.7. The molecule has 2 aliphatic carbocycles. The van der Waals surface area contributed by atoms with Gasteiger partial charge in [0.05, 0.1) is 25.2 Å². The lowest BCUT2D eigenvalue weighted by atomic mass is 9.54. The molecule has 132 valence electrons. The molecule has 4 rings (SSSR count). The molecule has 0 aromatic rings. The predicted molar refractivity (Wildman–Crippen MR) is 87.0 cm³/mol. The minimum absolute atomic E-state index is 0.000985. The number of ether oxygens (including phenoxy) is 4. The first-order chi connectivity index (χ1) is 11.4. The number of hydrogen-bond acceptors (Lipinski definition) is 5. The summed E-state index contributed by atoms with van der Waals surface area (Å²) < 4.78 is 24.0. The molecule has 0 radical (unpaired) electrons. The van der Waals surface area contributed by atoms with Crippen LogP contribution < -0.4 is 0 Å². The van der Waals surface area contributed by atoms with Gasteiger partial charge < -0.3 is 18.9 Å². The molecule has 2 heterocycles. The van der Waals surface area contributed by atoms with E-state index in [1.165, 1.54) is 0 Å². The molecule has 2 fully saturated rings. The zero-order valence-electron chi connectivity index (χ0n) is 14.8. The highest BCUT2D eigenvalue weighted by Crippen LogP contribution is 2.60. The van der Waals surface area contributed by atoms with Gasteiger partial charge in [-0.15, -0.1) is 0 Å². The molecular formula is C19H26O5. The van der Waals surface area contributed by atoms with Gasteiger partial charge >= 0.3 is 0 Å². The first kappa shape index (κ1) is 16.5. The second-order valence-corrected chi connectivity index (χ2v) is 8.31. The molecule has 0 N–H and O–H groups in total. The monoisotopic (exact) mass is 334 g/mol. The summed E-state index contributed by atoms with van der Waals surface area (Å²) in [6.07, 6.45) is 7.55. The van der Waals surface area contributed by atoms with E-state index in [-0.39, 0.29) is 29.0 Å². The Morgan fingerprint density at radius 3 is 2.58 bits per heavy atom. The summed E-state index contributed by atoms with van der Waals surface area (Å²) in [6, 6.07) is 0. The molecule has 5 heteroatoms. The third kappa shape index (κ3) is 1.99. The van der Waals surface area contributed by atoms with E-state index in [2.05, 4.69) is 32.9 Å². The standard InChI is InChI=1S/C19H26O5/c1-12-5-6-13-9-24-19(21-4)14(20)7-8-18(12,15(13)19)16-22-10-17(2,3)11-23-16/h5-8,12-13,15-16H,9-11H2,1-4H3/t12-,13-,15+,18+,19-/m1/s1. The lowest BCUT2D eigenvalue weighted by Gasteiger charge is -2.55. The van der Waals surface area contributed by atoms with Gasteiger partial charge in [0.25, 0.3) is 0 Å². The number of carbonyl (C=O) groups excluding carboxylic acids is 1. The Bertz CT molecular complexity index is 599. The SMILES string of the molecule is CO[C@@]12OC[C@H]3C=C[C@@H](C)[C@@](C4OCC(C)(C)CO4)(C=CC1=O)[C@H]32. The molecule has 5 nitrogen and oxygen atoms in total. The molecule has 0 spiro atoms. The smallest absolute Gasteiger partial charge is 0.237 e. The van der Waals surface area contributed by atoms with Crippen LogP contribution in [0, 0.1) is 28.6 Å². The minimum Gasteiger partial charge on any atom is -0.351 e. The summed E-state index contributed by atoms with van der Waals surface area (Å²) in [5, 5.41) is 0. The van der Waals surface area contributed by atoms with Gasteiger partial charge in [-0.05, 0) is 12.0 Å². The number of rotatable bonds is 2. The highest BCUT2D eigenvalue weighted by atomic mass is 16.7. The van der Waals surface area contributed by atoms with Gasteiger partial charge in [0.1, 0.15) is 0 Å². The molecule has 2 aliphatic heterocycles. The van der Waals surface area contributed by atoms with Gasteiger partial charge in [0.2, 0.25) is 11.6 Å². The molecule has 0 aromatic heterocycles. The first-order valence-electron chi connectivity index (χ1n) is 8.70. The topological polar surface area (TPSA) is 54.0 Å². The molecule has 0 aromatic carbocycles. The number of ketones is 1. The van der Waals surface area contributed by atoms with Gasteiger partial charge in [0.15, 0.2) is 6.29 Å². The zero-order valence-corrected chi connectivity index (χ0v) is 14.8. The maximum absolute atomic E-state index is 12.7. The second-order valence-electron chi connectivity index (χ2n) is 8.31. The molecule has 0 amide bonds. The van der Waals surface area contributed by atoms with E-state index in [0.29, 0.717) is 19.8 Å². The van der Waals surface area contributed by atoms with Crippen LogP contribution in [0.1, 0.15) is 20.8 Å². The lowest BCUT2D eigenvalue weighted by molar-refractivity contribution is -0.302. The largest absolute Gasteiger partial charge is 0.351 e. The number of methoxy groups -OCH3 is 1. The molecule has 0 saturated carbocycles. The molecule has 2 saturated heterocycles. The highest BCUT2D eigenvalue weighted by Gasteiger charge is 2.69. The van der Waals surface area contributed by atoms with Gasteiger partial charge in [-0.25, -0.2) is 0 Å². The van der Waals surface area contributed by atoms with Crippen LogP contribution in [0.3, 0.4) is 0 Å². The fourth-order valence-corrected chi connectivity index (χ4v) is 4.84. The van der Waals surface area contributed by atoms with E-state index in [4.69, 9.17) is 18.9 Å². The molecule has 4 aliphatic rings. The average Bonchev–Trinajstić information content (AvgIpc) is 2.95. The van der Waals surface area contributed by atoms with Crippen LogP contribution in [0.2, 0.25) is 0 Å². The Hall–Kier alpha value is -1.01. The number of allylic oxidation sites excluding steroid dienone is 1. The fraction of sp³-hybridized carbons (Fsp3) is 0.737. The Kier molecular flexibility index (Phi) is 3.59. The van der Waals surface area contributed by atoms with Crippen molar-refractivity contribution in [3.05, 3.63) is 24.3 Å². The zero-order chi connectivity index (χ0) is 17.2. The van der Waals surface area contributed by atoms with Crippen LogP contribution in [0.4, 0.5) is 0 Å². The molecule has 24 heavy (non-hydrogen) atoms. The van der Waals surface area contributed by atoms with Gasteiger partial charge in [-0.2, -0.15) is 0 Å². The number of hydrogen-bond donors (Lipinski definition) is 0. The summed E-state index contributed by atoms with van der Waals surface area (Å²) in [7, 11) is 1.55. The highest BCUT2D eigenvalue weighted by molar-refractivity contribution is 5.98. The summed E-state index contributed by atoms with van der Waals surface area (Å²) in [4.78, 5) is 12.7. The van der Waals surface area contributed by atoms with Crippen LogP contribution in [-0.2, 0) is 23.7 Å². The normalized spacial score (nSPS) is 47.0. The summed E-state index contributed by atoms with van der Waals surface area (Å²) in [5.74, 6) is -1.20. The van der Waals surface area contributed by atoms with Crippen molar-refractivity contribution < 1.29 is 23.7 Å². The summed E-state index contributed by atoms with van der Waals surface area (Å²) in [5.41, 5.74) is -0.463. The Balaban J connectivity index is 1.81. The third-order valence-electron chi connectivity index (χ3n) is 6.13. The van der Waals surface area contributed by atoms with Gasteiger partial charge in [-0.1, -0.05) is 39.0 Å². The van der Waals surface area contributed by atoms with Crippen molar-refractivity contribution in [1.29, 1.82) is 0 Å². The first-order valence-corrected chi connectivity index (χ1v) is 8.70. The second kappa shape index (κ2) is 5.24. The van der Waals surface area contributed by atoms with E-state index in [1.807, 2.05) is 6.08 Å². The van der Waals surface area contributed by atoms with Crippen molar-refractivity contribution in [2.45, 2.75) is 32.8 Å². The van der Waals surface area contributed by atoms with Crippen LogP contribution >= 0.6 is 0 Å². The lowest BCUT2D eigenvalue weighted by Crippen LogP contribution is -2.63. The van der Waals surface area contributed by atoms with Crippen LogP contribution in [0.5, 0.6) is 0 Å². The van der Waals surface area contributed by atoms with Crippen molar-refractivity contribution in [1.82, 2.24) is 0 Å². The van der Waals surface area contributed by atoms with Crippen LogP contribution in [0.25, 0.3) is 0 Å².